The summed E-state index contributed by atoms with van der Waals surface area (Å²) >= 11 is 0. The average molecular weight is 749 g/mol. The number of carbonyl (C=O) groups is 5. The number of aliphatic hydroxyl groups is 1. The third-order valence-corrected chi connectivity index (χ3v) is 9.67. The SMILES string of the molecule is CNC(=O)c1c(-c2ccc(F)cc2)oc2cc(N(CC(=O)NC(C)(C)C(=O)NCc3cccc(C(=O)C=C(O)C(=O)O)c3)S(C)(=O)=O)c(C3CC3)cc12. The number of carbonyl (C=O) groups excluding carboxylic acids is 4. The zero-order chi connectivity index (χ0) is 38.8. The first-order chi connectivity index (χ1) is 24.9. The number of sulfonamides is 1. The van der Waals surface area contributed by atoms with Gasteiger partial charge < -0.3 is 30.6 Å². The van der Waals surface area contributed by atoms with Gasteiger partial charge in [0, 0.05) is 42.2 Å². The molecular formula is C37H37FN4O10S. The summed E-state index contributed by atoms with van der Waals surface area (Å²) in [6.45, 7) is 2.06. The van der Waals surface area contributed by atoms with Gasteiger partial charge in [-0.15, -0.1) is 0 Å². The second-order valence-electron chi connectivity index (χ2n) is 13.1. The summed E-state index contributed by atoms with van der Waals surface area (Å²) in [7, 11) is -2.65. The molecule has 5 N–H and O–H groups in total. The van der Waals surface area contributed by atoms with E-state index < -0.39 is 63.2 Å². The number of aliphatic hydroxyl groups excluding tert-OH is 1. The first-order valence-electron chi connectivity index (χ1n) is 16.3. The maximum absolute atomic E-state index is 13.7. The van der Waals surface area contributed by atoms with Gasteiger partial charge in [-0.3, -0.25) is 23.5 Å². The molecule has 4 aromatic rings. The highest BCUT2D eigenvalue weighted by atomic mass is 32.2. The van der Waals surface area contributed by atoms with Gasteiger partial charge in [0.15, 0.2) is 5.78 Å². The van der Waals surface area contributed by atoms with Crippen molar-refractivity contribution in [3.05, 3.63) is 101 Å². The van der Waals surface area contributed by atoms with Crippen LogP contribution in [0.3, 0.4) is 0 Å². The number of hydrogen-bond donors (Lipinski definition) is 5. The normalized spacial score (nSPS) is 13.3. The Morgan fingerprint density at radius 2 is 1.70 bits per heavy atom. The van der Waals surface area contributed by atoms with Crippen molar-refractivity contribution in [2.45, 2.75) is 44.7 Å². The van der Waals surface area contributed by atoms with E-state index in [4.69, 9.17) is 9.52 Å². The Morgan fingerprint density at radius 3 is 2.30 bits per heavy atom. The molecule has 0 aliphatic heterocycles. The van der Waals surface area contributed by atoms with Gasteiger partial charge in [0.2, 0.25) is 27.6 Å². The van der Waals surface area contributed by atoms with Gasteiger partial charge >= 0.3 is 5.97 Å². The number of amides is 3. The van der Waals surface area contributed by atoms with E-state index in [1.165, 1.54) is 69.4 Å². The highest BCUT2D eigenvalue weighted by molar-refractivity contribution is 7.92. The predicted octanol–water partition coefficient (Wildman–Crippen LogP) is 4.16. The van der Waals surface area contributed by atoms with Crippen molar-refractivity contribution in [1.29, 1.82) is 0 Å². The second-order valence-corrected chi connectivity index (χ2v) is 15.0. The number of benzene rings is 3. The Balaban J connectivity index is 1.38. The lowest BCUT2D eigenvalue weighted by molar-refractivity contribution is -0.135. The minimum absolute atomic E-state index is 0.0571. The Kier molecular flexibility index (Phi) is 10.7. The van der Waals surface area contributed by atoms with E-state index in [9.17, 15) is 41.9 Å². The van der Waals surface area contributed by atoms with Crippen LogP contribution in [0.4, 0.5) is 10.1 Å². The molecule has 0 bridgehead atoms. The van der Waals surface area contributed by atoms with Gasteiger partial charge in [0.05, 0.1) is 17.5 Å². The highest BCUT2D eigenvalue weighted by Crippen LogP contribution is 2.48. The first kappa shape index (κ1) is 38.2. The third kappa shape index (κ3) is 8.72. The molecule has 0 saturated heterocycles. The third-order valence-electron chi connectivity index (χ3n) is 8.54. The minimum Gasteiger partial charge on any atom is -0.502 e. The van der Waals surface area contributed by atoms with Crippen molar-refractivity contribution in [3.63, 3.8) is 0 Å². The molecule has 0 radical (unpaired) electrons. The lowest BCUT2D eigenvalue weighted by atomic mass is 10.0. The molecule has 0 spiro atoms. The molecule has 3 aromatic carbocycles. The van der Waals surface area contributed by atoms with Crippen LogP contribution in [0.15, 0.2) is 76.9 Å². The van der Waals surface area contributed by atoms with Crippen LogP contribution in [0.25, 0.3) is 22.3 Å². The topological polar surface area (TPSA) is 212 Å². The number of furan rings is 1. The smallest absolute Gasteiger partial charge is 0.371 e. The lowest BCUT2D eigenvalue weighted by Crippen LogP contribution is -2.56. The van der Waals surface area contributed by atoms with E-state index in [2.05, 4.69) is 16.0 Å². The molecule has 278 valence electrons. The lowest BCUT2D eigenvalue weighted by Gasteiger charge is -2.29. The predicted molar refractivity (Wildman–Crippen MR) is 192 cm³/mol. The van der Waals surface area contributed by atoms with Crippen molar-refractivity contribution < 1.29 is 51.4 Å². The number of allylic oxidation sites excluding steroid dienone is 1. The van der Waals surface area contributed by atoms with Crippen molar-refractivity contribution >= 4 is 56.2 Å². The van der Waals surface area contributed by atoms with E-state index in [0.29, 0.717) is 28.2 Å². The van der Waals surface area contributed by atoms with Gasteiger partial charge in [0.1, 0.15) is 29.2 Å². The summed E-state index contributed by atoms with van der Waals surface area (Å²) in [5.41, 5.74) is 0.504. The fourth-order valence-electron chi connectivity index (χ4n) is 5.70. The largest absolute Gasteiger partial charge is 0.502 e. The molecule has 1 heterocycles. The molecular weight excluding hydrogens is 711 g/mol. The maximum Gasteiger partial charge on any atom is 0.371 e. The van der Waals surface area contributed by atoms with Crippen LogP contribution in [0, 0.1) is 5.82 Å². The molecule has 1 aliphatic rings. The van der Waals surface area contributed by atoms with Gasteiger partial charge in [-0.25, -0.2) is 17.6 Å². The number of carboxylic acid groups (broad SMARTS) is 1. The van der Waals surface area contributed by atoms with E-state index in [1.807, 2.05) is 0 Å². The van der Waals surface area contributed by atoms with Gasteiger partial charge in [-0.2, -0.15) is 0 Å². The van der Waals surface area contributed by atoms with Gasteiger partial charge in [-0.1, -0.05) is 18.2 Å². The molecule has 0 atom stereocenters. The number of aliphatic carboxylic acids is 1. The van der Waals surface area contributed by atoms with E-state index in [-0.39, 0.29) is 40.6 Å². The fraction of sp³-hybridized carbons (Fsp3) is 0.270. The second kappa shape index (κ2) is 14.9. The van der Waals surface area contributed by atoms with E-state index in [0.717, 1.165) is 23.4 Å². The van der Waals surface area contributed by atoms with Crippen LogP contribution in [0.1, 0.15) is 64.4 Å². The molecule has 1 aromatic heterocycles. The molecule has 16 heteroatoms. The molecule has 3 amide bonds. The molecule has 14 nitrogen and oxygen atoms in total. The number of anilines is 1. The van der Waals surface area contributed by atoms with Crippen molar-refractivity contribution in [1.82, 2.24) is 16.0 Å². The summed E-state index contributed by atoms with van der Waals surface area (Å²) in [4.78, 5) is 63.0. The van der Waals surface area contributed by atoms with Crippen LogP contribution < -0.4 is 20.3 Å². The quantitative estimate of drug-likeness (QED) is 0.0706. The van der Waals surface area contributed by atoms with E-state index >= 15 is 0 Å². The van der Waals surface area contributed by atoms with Gasteiger partial charge in [0.25, 0.3) is 5.91 Å². The molecule has 1 fully saturated rings. The molecule has 1 aliphatic carbocycles. The summed E-state index contributed by atoms with van der Waals surface area (Å²) < 4.78 is 47.3. The Hall–Kier alpha value is -6.03. The highest BCUT2D eigenvalue weighted by Gasteiger charge is 2.35. The van der Waals surface area contributed by atoms with Crippen LogP contribution in [-0.2, 0) is 31.0 Å². The minimum atomic E-state index is -4.11. The Bertz CT molecular complexity index is 2280. The number of rotatable bonds is 14. The number of hydrogen-bond acceptors (Lipinski definition) is 9. The number of nitrogens with one attached hydrogen (secondary N) is 3. The Labute approximate surface area is 303 Å². The Morgan fingerprint density at radius 1 is 1.02 bits per heavy atom. The number of halogens is 1. The van der Waals surface area contributed by atoms with Crippen molar-refractivity contribution in [3.8, 4) is 11.3 Å². The number of nitrogens with zero attached hydrogens (tertiary/aromatic N) is 1. The molecule has 1 saturated carbocycles. The summed E-state index contributed by atoms with van der Waals surface area (Å²) in [6, 6.07) is 14.4. The molecule has 53 heavy (non-hydrogen) atoms. The van der Waals surface area contributed by atoms with Gasteiger partial charge in [-0.05, 0) is 80.1 Å². The number of fused-ring (bicyclic) bond motifs is 1. The van der Waals surface area contributed by atoms with Crippen LogP contribution in [0.2, 0.25) is 0 Å². The monoisotopic (exact) mass is 748 g/mol. The summed E-state index contributed by atoms with van der Waals surface area (Å²) in [5, 5.41) is 26.4. The standard InChI is InChI=1S/C37H37FN4O10S/c1-37(2,36(49)40-18-20-6-5-7-23(14-20)28(43)17-29(44)35(47)48)41-31(45)19-42(53(4,50)51)27-16-30-26(15-25(27)21-8-9-21)32(34(46)39-3)33(52-30)22-10-12-24(38)13-11-22/h5-7,10-17,21,44H,8-9,18-19H2,1-4H3,(H,39,46)(H,40,49)(H,41,45)(H,47,48). The fourth-order valence-corrected chi connectivity index (χ4v) is 6.57. The van der Waals surface area contributed by atoms with Crippen molar-refractivity contribution in [2.75, 3.05) is 24.2 Å². The van der Waals surface area contributed by atoms with Crippen molar-refractivity contribution in [2.24, 2.45) is 0 Å². The van der Waals surface area contributed by atoms with Crippen LogP contribution in [-0.4, -0.2) is 73.5 Å². The van der Waals surface area contributed by atoms with Crippen LogP contribution >= 0.6 is 0 Å². The van der Waals surface area contributed by atoms with Crippen LogP contribution in [0.5, 0.6) is 0 Å². The first-order valence-corrected chi connectivity index (χ1v) is 18.2. The number of ketones is 1. The zero-order valence-corrected chi connectivity index (χ0v) is 30.0. The molecule has 5 rings (SSSR count). The molecule has 0 unspecified atom stereocenters. The average Bonchev–Trinajstić information content (AvgIpc) is 3.88. The maximum atomic E-state index is 13.7. The number of carboxylic acids is 1. The summed E-state index contributed by atoms with van der Waals surface area (Å²) in [5.74, 6) is -5.85. The zero-order valence-electron chi connectivity index (χ0n) is 29.2. The summed E-state index contributed by atoms with van der Waals surface area (Å²) in [6.07, 6.45) is 2.99. The van der Waals surface area contributed by atoms with E-state index in [1.54, 1.807) is 12.1 Å².